The molecule has 3 N–H and O–H groups in total. The highest BCUT2D eigenvalue weighted by atomic mass is 31.2. The van der Waals surface area contributed by atoms with Crippen molar-refractivity contribution >= 4 is 39.5 Å². The third-order valence-electron chi connectivity index (χ3n) is 16.5. The summed E-state index contributed by atoms with van der Waals surface area (Å²) in [6.07, 6.45) is 51.1. The molecule has 19 heteroatoms. The number of hydrogen-bond acceptors (Lipinski definition) is 15. The second-order valence-electron chi connectivity index (χ2n) is 26.1. The fourth-order valence-corrected chi connectivity index (χ4v) is 12.4. The summed E-state index contributed by atoms with van der Waals surface area (Å²) in [4.78, 5) is 72.6. The fraction of sp³-hybridized carbons (Fsp3) is 0.944. The van der Waals surface area contributed by atoms with Crippen molar-refractivity contribution in [1.29, 1.82) is 0 Å². The lowest BCUT2D eigenvalue weighted by Crippen LogP contribution is -2.30. The first kappa shape index (κ1) is 88.1. The predicted molar refractivity (Wildman–Crippen MR) is 363 cm³/mol. The lowest BCUT2D eigenvalue weighted by atomic mass is 10.0. The standard InChI is InChI=1S/C71H138O17P2/c1-6-9-12-15-18-21-24-26-28-30-37-42-47-52-57-71(76)88-67(61-82-69(74)55-50-45-40-35-32-31-33-38-43-48-53-64(4)5)63-86-90(79,80)84-59-65(72)58-83-89(77,78)85-62-66(60-81-68(73)54-49-44-39-34-23-20-17-14-11-8-3)87-70(75)56-51-46-41-36-29-27-25-22-19-16-13-10-7-2/h64-67,72H,6-63H2,1-5H3,(H,77,78)(H,79,80)/t65-,66+,67+/m0/s1. The SMILES string of the molecule is CCCCCCCCCCCCCCCCC(=O)O[C@H](COC(=O)CCCCCCCCCCCCC(C)C)COP(=O)(O)OC[C@@H](O)COP(=O)(O)OC[C@@H](COC(=O)CCCCCCCCCCCC)OC(=O)CCCCCCCCCCCCCCC. The summed E-state index contributed by atoms with van der Waals surface area (Å²) in [7, 11) is -9.90. The van der Waals surface area contributed by atoms with Crippen LogP contribution < -0.4 is 0 Å². The summed E-state index contributed by atoms with van der Waals surface area (Å²) < 4.78 is 68.3. The minimum Gasteiger partial charge on any atom is -0.462 e. The van der Waals surface area contributed by atoms with Crippen molar-refractivity contribution in [2.24, 2.45) is 5.92 Å². The summed E-state index contributed by atoms with van der Waals surface area (Å²) in [5.74, 6) is -1.36. The van der Waals surface area contributed by atoms with E-state index in [9.17, 15) is 43.2 Å². The van der Waals surface area contributed by atoms with Crippen molar-refractivity contribution < 1.29 is 80.2 Å². The average Bonchev–Trinajstić information content (AvgIpc) is 3.37. The minimum atomic E-state index is -4.95. The molecule has 0 rings (SSSR count). The van der Waals surface area contributed by atoms with E-state index < -0.39 is 97.5 Å². The Morgan fingerprint density at radius 2 is 0.511 bits per heavy atom. The van der Waals surface area contributed by atoms with Gasteiger partial charge in [-0.3, -0.25) is 37.3 Å². The Morgan fingerprint density at radius 3 is 0.756 bits per heavy atom. The summed E-state index contributed by atoms with van der Waals surface area (Å²) in [5, 5.41) is 10.6. The smallest absolute Gasteiger partial charge is 0.462 e. The van der Waals surface area contributed by atoms with Gasteiger partial charge in [0.1, 0.15) is 19.3 Å². The highest BCUT2D eigenvalue weighted by Crippen LogP contribution is 2.45. The van der Waals surface area contributed by atoms with Crippen LogP contribution in [0.1, 0.15) is 369 Å². The number of carbonyl (C=O) groups excluding carboxylic acids is 4. The molecule has 0 heterocycles. The van der Waals surface area contributed by atoms with Gasteiger partial charge in [0.25, 0.3) is 0 Å². The van der Waals surface area contributed by atoms with Gasteiger partial charge in [0, 0.05) is 25.7 Å². The zero-order valence-electron chi connectivity index (χ0n) is 58.3. The van der Waals surface area contributed by atoms with Crippen LogP contribution in [0, 0.1) is 5.92 Å². The molecule has 0 saturated heterocycles. The Kier molecular flexibility index (Phi) is 63.0. The van der Waals surface area contributed by atoms with Crippen LogP contribution in [-0.2, 0) is 65.4 Å². The predicted octanol–water partition coefficient (Wildman–Crippen LogP) is 20.5. The van der Waals surface area contributed by atoms with Crippen LogP contribution in [0.25, 0.3) is 0 Å². The van der Waals surface area contributed by atoms with E-state index in [1.165, 1.54) is 193 Å². The molecule has 0 fully saturated rings. The lowest BCUT2D eigenvalue weighted by molar-refractivity contribution is -0.161. The Labute approximate surface area is 549 Å². The van der Waals surface area contributed by atoms with Crippen LogP contribution in [-0.4, -0.2) is 96.7 Å². The molecule has 534 valence electrons. The first-order valence-electron chi connectivity index (χ1n) is 37.1. The van der Waals surface area contributed by atoms with Crippen LogP contribution in [0.15, 0.2) is 0 Å². The summed E-state index contributed by atoms with van der Waals surface area (Å²) >= 11 is 0. The van der Waals surface area contributed by atoms with Crippen molar-refractivity contribution in [3.63, 3.8) is 0 Å². The molecule has 0 aromatic rings. The van der Waals surface area contributed by atoms with Gasteiger partial charge in [0.05, 0.1) is 26.4 Å². The molecule has 0 aliphatic heterocycles. The zero-order valence-corrected chi connectivity index (χ0v) is 60.1. The van der Waals surface area contributed by atoms with Gasteiger partial charge in [0.15, 0.2) is 12.2 Å². The third-order valence-corrected chi connectivity index (χ3v) is 18.4. The zero-order chi connectivity index (χ0) is 66.3. The van der Waals surface area contributed by atoms with Gasteiger partial charge in [-0.05, 0) is 31.6 Å². The van der Waals surface area contributed by atoms with E-state index in [2.05, 4.69) is 34.6 Å². The quantitative estimate of drug-likeness (QED) is 0.0222. The molecule has 0 aliphatic rings. The molecule has 0 saturated carbocycles. The first-order valence-corrected chi connectivity index (χ1v) is 40.1. The molecule has 2 unspecified atom stereocenters. The lowest BCUT2D eigenvalue weighted by Gasteiger charge is -2.21. The summed E-state index contributed by atoms with van der Waals surface area (Å²) in [6, 6.07) is 0. The molecule has 0 bridgehead atoms. The Morgan fingerprint density at radius 1 is 0.300 bits per heavy atom. The van der Waals surface area contributed by atoms with Crippen LogP contribution >= 0.6 is 15.6 Å². The number of carbonyl (C=O) groups is 4. The summed E-state index contributed by atoms with van der Waals surface area (Å²) in [5.41, 5.74) is 0. The maximum Gasteiger partial charge on any atom is 0.472 e. The molecule has 0 amide bonds. The second kappa shape index (κ2) is 64.4. The van der Waals surface area contributed by atoms with Crippen LogP contribution in [0.4, 0.5) is 0 Å². The highest BCUT2D eigenvalue weighted by Gasteiger charge is 2.30. The van der Waals surface area contributed by atoms with Gasteiger partial charge in [-0.2, -0.15) is 0 Å². The molecule has 0 aromatic carbocycles. The van der Waals surface area contributed by atoms with Crippen LogP contribution in [0.3, 0.4) is 0 Å². The molecule has 0 aliphatic carbocycles. The molecule has 5 atom stereocenters. The summed E-state index contributed by atoms with van der Waals surface area (Å²) in [6.45, 7) is 7.25. The number of aliphatic hydroxyl groups is 1. The molecular weight excluding hydrogens is 1190 g/mol. The Bertz CT molecular complexity index is 1740. The van der Waals surface area contributed by atoms with Gasteiger partial charge in [-0.25, -0.2) is 9.13 Å². The van der Waals surface area contributed by atoms with Gasteiger partial charge in [-0.1, -0.05) is 317 Å². The van der Waals surface area contributed by atoms with E-state index in [1.54, 1.807) is 0 Å². The number of unbranched alkanes of at least 4 members (excludes halogenated alkanes) is 43. The van der Waals surface area contributed by atoms with Gasteiger partial charge in [0.2, 0.25) is 0 Å². The van der Waals surface area contributed by atoms with E-state index in [1.807, 2.05) is 0 Å². The van der Waals surface area contributed by atoms with Crippen molar-refractivity contribution in [3.8, 4) is 0 Å². The number of rotatable bonds is 71. The number of phosphoric ester groups is 2. The van der Waals surface area contributed by atoms with Crippen molar-refractivity contribution in [1.82, 2.24) is 0 Å². The van der Waals surface area contributed by atoms with E-state index in [-0.39, 0.29) is 25.7 Å². The highest BCUT2D eigenvalue weighted by molar-refractivity contribution is 7.47. The van der Waals surface area contributed by atoms with Crippen LogP contribution in [0.2, 0.25) is 0 Å². The molecule has 0 spiro atoms. The van der Waals surface area contributed by atoms with E-state index in [4.69, 9.17) is 37.0 Å². The molecule has 0 aromatic heterocycles. The van der Waals surface area contributed by atoms with Crippen molar-refractivity contribution in [2.45, 2.75) is 387 Å². The number of phosphoric acid groups is 2. The Hall–Kier alpha value is -1.94. The largest absolute Gasteiger partial charge is 0.472 e. The third kappa shape index (κ3) is 64.8. The first-order chi connectivity index (χ1) is 43.5. The molecule has 0 radical (unpaired) electrons. The van der Waals surface area contributed by atoms with Crippen molar-refractivity contribution in [2.75, 3.05) is 39.6 Å². The topological polar surface area (TPSA) is 237 Å². The van der Waals surface area contributed by atoms with E-state index >= 15 is 0 Å². The maximum atomic E-state index is 13.0. The normalized spacial score (nSPS) is 14.1. The number of aliphatic hydroxyl groups excluding tert-OH is 1. The maximum absolute atomic E-state index is 13.0. The van der Waals surface area contributed by atoms with E-state index in [0.717, 1.165) is 95.8 Å². The molecular formula is C71H138O17P2. The number of esters is 4. The van der Waals surface area contributed by atoms with Crippen molar-refractivity contribution in [3.05, 3.63) is 0 Å². The number of hydrogen-bond donors (Lipinski definition) is 3. The van der Waals surface area contributed by atoms with Gasteiger partial charge in [-0.15, -0.1) is 0 Å². The second-order valence-corrected chi connectivity index (χ2v) is 29.0. The monoisotopic (exact) mass is 1320 g/mol. The van der Waals surface area contributed by atoms with Crippen LogP contribution in [0.5, 0.6) is 0 Å². The molecule has 90 heavy (non-hydrogen) atoms. The molecule has 17 nitrogen and oxygen atoms in total. The number of ether oxygens (including phenoxy) is 4. The van der Waals surface area contributed by atoms with E-state index in [0.29, 0.717) is 25.7 Å². The van der Waals surface area contributed by atoms with Gasteiger partial charge < -0.3 is 33.8 Å². The average molecular weight is 1330 g/mol. The van der Waals surface area contributed by atoms with Gasteiger partial charge >= 0.3 is 39.5 Å². The fourth-order valence-electron chi connectivity index (χ4n) is 10.8. The minimum absolute atomic E-state index is 0.108. The Balaban J connectivity index is 5.25.